The van der Waals surface area contributed by atoms with Gasteiger partial charge in [-0.3, -0.25) is 4.79 Å². The molecule has 4 heteroatoms. The van der Waals surface area contributed by atoms with E-state index >= 15 is 0 Å². The highest BCUT2D eigenvalue weighted by atomic mass is 16.3. The van der Waals surface area contributed by atoms with Gasteiger partial charge in [-0.25, -0.2) is 0 Å². The number of aromatic hydroxyl groups is 1. The molecular weight excluding hydrogens is 216 g/mol. The second-order valence-electron chi connectivity index (χ2n) is 4.59. The third-order valence-electron chi connectivity index (χ3n) is 3.36. The number of hydrogen-bond donors (Lipinski definition) is 2. The van der Waals surface area contributed by atoms with Crippen LogP contribution >= 0.6 is 0 Å². The van der Waals surface area contributed by atoms with E-state index in [4.69, 9.17) is 5.73 Å². The average molecular weight is 234 g/mol. The number of phenolic OH excluding ortho intramolecular Hbond substituents is 1. The lowest BCUT2D eigenvalue weighted by Gasteiger charge is -2.33. The van der Waals surface area contributed by atoms with Crippen molar-refractivity contribution in [2.24, 2.45) is 0 Å². The lowest BCUT2D eigenvalue weighted by Crippen LogP contribution is -2.42. The van der Waals surface area contributed by atoms with Crippen molar-refractivity contribution in [2.75, 3.05) is 12.3 Å². The molecule has 1 atom stereocenters. The zero-order valence-electron chi connectivity index (χ0n) is 10.0. The number of carbonyl (C=O) groups excluding carboxylic acids is 1. The van der Waals surface area contributed by atoms with Gasteiger partial charge in [-0.1, -0.05) is 6.07 Å². The number of phenols is 1. The SMILES string of the molecule is CC1CCCCN1C(=O)c1cccc(N)c1O. The molecule has 0 bridgehead atoms. The minimum Gasteiger partial charge on any atom is -0.505 e. The molecular formula is C13H18N2O2. The Bertz CT molecular complexity index is 431. The number of amides is 1. The number of likely N-dealkylation sites (tertiary alicyclic amines) is 1. The Balaban J connectivity index is 2.27. The van der Waals surface area contributed by atoms with Crippen molar-refractivity contribution in [2.45, 2.75) is 32.2 Å². The number of benzene rings is 1. The number of nitrogens with two attached hydrogens (primary N) is 1. The Morgan fingerprint density at radius 2 is 2.24 bits per heavy atom. The maximum Gasteiger partial charge on any atom is 0.257 e. The van der Waals surface area contributed by atoms with Crippen LogP contribution in [-0.2, 0) is 0 Å². The molecule has 1 aliphatic heterocycles. The second kappa shape index (κ2) is 4.65. The van der Waals surface area contributed by atoms with Gasteiger partial charge in [0, 0.05) is 12.6 Å². The number of anilines is 1. The minimum atomic E-state index is -0.123. The van der Waals surface area contributed by atoms with Crippen LogP contribution in [-0.4, -0.2) is 28.5 Å². The fourth-order valence-corrected chi connectivity index (χ4v) is 2.29. The summed E-state index contributed by atoms with van der Waals surface area (Å²) < 4.78 is 0. The summed E-state index contributed by atoms with van der Waals surface area (Å²) in [6, 6.07) is 5.13. The molecule has 1 amide bonds. The zero-order chi connectivity index (χ0) is 12.4. The summed E-state index contributed by atoms with van der Waals surface area (Å²) in [5.74, 6) is -0.225. The van der Waals surface area contributed by atoms with Gasteiger partial charge in [0.05, 0.1) is 11.3 Å². The third kappa shape index (κ3) is 2.20. The molecule has 1 aliphatic rings. The molecule has 1 fully saturated rings. The highest BCUT2D eigenvalue weighted by Gasteiger charge is 2.26. The van der Waals surface area contributed by atoms with Gasteiger partial charge in [-0.15, -0.1) is 0 Å². The normalized spacial score (nSPS) is 20.3. The van der Waals surface area contributed by atoms with E-state index in [0.29, 0.717) is 5.56 Å². The fraction of sp³-hybridized carbons (Fsp3) is 0.462. The quantitative estimate of drug-likeness (QED) is 0.577. The van der Waals surface area contributed by atoms with Crippen molar-refractivity contribution < 1.29 is 9.90 Å². The molecule has 1 saturated heterocycles. The van der Waals surface area contributed by atoms with Crippen molar-refractivity contribution in [3.05, 3.63) is 23.8 Å². The van der Waals surface area contributed by atoms with Crippen LogP contribution in [0.15, 0.2) is 18.2 Å². The van der Waals surface area contributed by atoms with Crippen LogP contribution in [0.4, 0.5) is 5.69 Å². The topological polar surface area (TPSA) is 66.6 Å². The van der Waals surface area contributed by atoms with Crippen LogP contribution in [0.3, 0.4) is 0 Å². The van der Waals surface area contributed by atoms with Gasteiger partial charge < -0.3 is 15.7 Å². The Labute approximate surface area is 101 Å². The first-order chi connectivity index (χ1) is 8.11. The molecule has 0 saturated carbocycles. The third-order valence-corrected chi connectivity index (χ3v) is 3.36. The maximum atomic E-state index is 12.3. The van der Waals surface area contributed by atoms with E-state index in [1.807, 2.05) is 11.8 Å². The Kier molecular flexibility index (Phi) is 3.22. The van der Waals surface area contributed by atoms with Gasteiger partial charge in [0.25, 0.3) is 5.91 Å². The molecule has 0 aromatic heterocycles. The summed E-state index contributed by atoms with van der Waals surface area (Å²) in [6.07, 6.45) is 3.21. The monoisotopic (exact) mass is 234 g/mol. The molecule has 92 valence electrons. The number of nitrogen functional groups attached to an aromatic ring is 1. The van der Waals surface area contributed by atoms with Crippen LogP contribution < -0.4 is 5.73 Å². The van der Waals surface area contributed by atoms with E-state index in [1.165, 1.54) is 0 Å². The van der Waals surface area contributed by atoms with Gasteiger partial charge in [-0.2, -0.15) is 0 Å². The molecule has 1 unspecified atom stereocenters. The van der Waals surface area contributed by atoms with Crippen molar-refractivity contribution in [1.82, 2.24) is 4.90 Å². The van der Waals surface area contributed by atoms with Gasteiger partial charge in [-0.05, 0) is 38.3 Å². The summed E-state index contributed by atoms with van der Waals surface area (Å²) in [7, 11) is 0. The van der Waals surface area contributed by atoms with Gasteiger partial charge in [0.2, 0.25) is 0 Å². The Morgan fingerprint density at radius 1 is 1.47 bits per heavy atom. The Morgan fingerprint density at radius 3 is 2.94 bits per heavy atom. The molecule has 0 radical (unpaired) electrons. The lowest BCUT2D eigenvalue weighted by molar-refractivity contribution is 0.0632. The smallest absolute Gasteiger partial charge is 0.257 e. The second-order valence-corrected chi connectivity index (χ2v) is 4.59. The van der Waals surface area contributed by atoms with Gasteiger partial charge in [0.1, 0.15) is 0 Å². The van der Waals surface area contributed by atoms with Crippen LogP contribution in [0.2, 0.25) is 0 Å². The van der Waals surface area contributed by atoms with E-state index in [1.54, 1.807) is 18.2 Å². The maximum absolute atomic E-state index is 12.3. The van der Waals surface area contributed by atoms with Crippen LogP contribution in [0.1, 0.15) is 36.5 Å². The van der Waals surface area contributed by atoms with Crippen molar-refractivity contribution in [1.29, 1.82) is 0 Å². The van der Waals surface area contributed by atoms with E-state index in [9.17, 15) is 9.90 Å². The number of rotatable bonds is 1. The molecule has 0 aliphatic carbocycles. The molecule has 1 aromatic rings. The largest absolute Gasteiger partial charge is 0.505 e. The van der Waals surface area contributed by atoms with Gasteiger partial charge >= 0.3 is 0 Å². The highest BCUT2D eigenvalue weighted by Crippen LogP contribution is 2.27. The molecule has 0 spiro atoms. The number of piperidine rings is 1. The van der Waals surface area contributed by atoms with Crippen LogP contribution in [0, 0.1) is 0 Å². The van der Waals surface area contributed by atoms with Gasteiger partial charge in [0.15, 0.2) is 5.75 Å². The zero-order valence-corrected chi connectivity index (χ0v) is 10.0. The summed E-state index contributed by atoms with van der Waals surface area (Å²) in [5, 5.41) is 9.81. The molecule has 1 heterocycles. The van der Waals surface area contributed by atoms with Crippen molar-refractivity contribution in [3.8, 4) is 5.75 Å². The lowest BCUT2D eigenvalue weighted by atomic mass is 10.0. The van der Waals surface area contributed by atoms with Crippen molar-refractivity contribution >= 4 is 11.6 Å². The Hall–Kier alpha value is -1.71. The molecule has 2 rings (SSSR count). The predicted octanol–water partition coefficient (Wildman–Crippen LogP) is 1.99. The summed E-state index contributed by atoms with van der Waals surface area (Å²) in [5.41, 5.74) is 6.16. The number of hydrogen-bond acceptors (Lipinski definition) is 3. The van der Waals surface area contributed by atoms with Crippen LogP contribution in [0.5, 0.6) is 5.75 Å². The average Bonchev–Trinajstić information content (AvgIpc) is 2.32. The minimum absolute atomic E-state index is 0.102. The first-order valence-corrected chi connectivity index (χ1v) is 5.99. The standard InChI is InChI=1S/C13H18N2O2/c1-9-5-2-3-8-15(9)13(17)10-6-4-7-11(14)12(10)16/h4,6-7,9,16H,2-3,5,8,14H2,1H3. The molecule has 3 N–H and O–H groups in total. The molecule has 4 nitrogen and oxygen atoms in total. The molecule has 1 aromatic carbocycles. The highest BCUT2D eigenvalue weighted by molar-refractivity contribution is 5.98. The van der Waals surface area contributed by atoms with Crippen LogP contribution in [0.25, 0.3) is 0 Å². The molecule has 17 heavy (non-hydrogen) atoms. The number of para-hydroxylation sites is 1. The fourth-order valence-electron chi connectivity index (χ4n) is 2.29. The first-order valence-electron chi connectivity index (χ1n) is 5.99. The van der Waals surface area contributed by atoms with Crippen molar-refractivity contribution in [3.63, 3.8) is 0 Å². The summed E-state index contributed by atoms with van der Waals surface area (Å²) in [4.78, 5) is 14.1. The number of carbonyl (C=O) groups is 1. The summed E-state index contributed by atoms with van der Waals surface area (Å²) >= 11 is 0. The number of nitrogens with zero attached hydrogens (tertiary/aromatic N) is 1. The van der Waals surface area contributed by atoms with E-state index in [-0.39, 0.29) is 23.4 Å². The first kappa shape index (κ1) is 11.8. The van der Waals surface area contributed by atoms with E-state index in [0.717, 1.165) is 25.8 Å². The predicted molar refractivity (Wildman–Crippen MR) is 66.9 cm³/mol. The van der Waals surface area contributed by atoms with E-state index in [2.05, 4.69) is 0 Å². The summed E-state index contributed by atoms with van der Waals surface area (Å²) in [6.45, 7) is 2.80. The van der Waals surface area contributed by atoms with E-state index < -0.39 is 0 Å².